The number of aromatic amines is 1. The number of ether oxygens (including phenoxy) is 6. The molecule has 194 valence electrons. The zero-order valence-corrected chi connectivity index (χ0v) is 20.4. The molecular weight excluding hydrogens is 478 g/mol. The molecule has 0 radical (unpaired) electrons. The highest BCUT2D eigenvalue weighted by molar-refractivity contribution is 5.69. The Bertz CT molecular complexity index is 1120. The SMILES string of the molecule is CC(=O)OCC1OC(Oc2ccccc2-c2n[nH]c(C)n2)C(OC(C)=O)C(OC(C)=O)C1OC(C)=O. The van der Waals surface area contributed by atoms with Crippen molar-refractivity contribution in [3.63, 3.8) is 0 Å². The molecule has 13 nitrogen and oxygen atoms in total. The molecule has 1 N–H and O–H groups in total. The molecule has 1 aromatic carbocycles. The minimum Gasteiger partial charge on any atom is -0.463 e. The first-order valence-corrected chi connectivity index (χ1v) is 11.0. The molecule has 1 aromatic heterocycles. The second kappa shape index (κ2) is 11.6. The van der Waals surface area contributed by atoms with E-state index in [2.05, 4.69) is 15.2 Å². The van der Waals surface area contributed by atoms with E-state index < -0.39 is 54.6 Å². The van der Waals surface area contributed by atoms with E-state index in [1.807, 2.05) is 0 Å². The van der Waals surface area contributed by atoms with E-state index in [4.69, 9.17) is 28.4 Å². The van der Waals surface area contributed by atoms with Gasteiger partial charge in [0.1, 0.15) is 24.3 Å². The van der Waals surface area contributed by atoms with Crippen LogP contribution < -0.4 is 4.74 Å². The highest BCUT2D eigenvalue weighted by atomic mass is 16.7. The van der Waals surface area contributed by atoms with E-state index in [9.17, 15) is 19.2 Å². The summed E-state index contributed by atoms with van der Waals surface area (Å²) >= 11 is 0. The fourth-order valence-corrected chi connectivity index (χ4v) is 3.63. The predicted molar refractivity (Wildman–Crippen MR) is 119 cm³/mol. The first kappa shape index (κ1) is 26.6. The van der Waals surface area contributed by atoms with Crippen molar-refractivity contribution in [1.29, 1.82) is 0 Å². The Labute approximate surface area is 206 Å². The number of rotatable bonds is 8. The molecular formula is C23H27N3O10. The summed E-state index contributed by atoms with van der Waals surface area (Å²) in [6.07, 6.45) is -6.47. The van der Waals surface area contributed by atoms with Crippen molar-refractivity contribution in [2.45, 2.75) is 65.3 Å². The van der Waals surface area contributed by atoms with E-state index >= 15 is 0 Å². The number of benzene rings is 1. The molecule has 0 spiro atoms. The van der Waals surface area contributed by atoms with Crippen LogP contribution in [0.25, 0.3) is 11.4 Å². The second-order valence-electron chi connectivity index (χ2n) is 7.93. The normalized spacial score (nSPS) is 23.3. The lowest BCUT2D eigenvalue weighted by molar-refractivity contribution is -0.288. The molecule has 2 aromatic rings. The van der Waals surface area contributed by atoms with Crippen molar-refractivity contribution in [3.05, 3.63) is 30.1 Å². The Morgan fingerprint density at radius 2 is 1.50 bits per heavy atom. The van der Waals surface area contributed by atoms with Gasteiger partial charge in [-0.2, -0.15) is 5.10 Å². The van der Waals surface area contributed by atoms with Crippen molar-refractivity contribution < 1.29 is 47.6 Å². The lowest BCUT2D eigenvalue weighted by Gasteiger charge is -2.44. The molecule has 36 heavy (non-hydrogen) atoms. The van der Waals surface area contributed by atoms with E-state index in [0.717, 1.165) is 20.8 Å². The number of carbonyl (C=O) groups excluding carboxylic acids is 4. The molecule has 1 saturated heterocycles. The van der Waals surface area contributed by atoms with E-state index in [0.29, 0.717) is 17.2 Å². The van der Waals surface area contributed by atoms with Gasteiger partial charge in [-0.1, -0.05) is 12.1 Å². The number of hydrogen-bond donors (Lipinski definition) is 1. The highest BCUT2D eigenvalue weighted by Crippen LogP contribution is 2.34. The van der Waals surface area contributed by atoms with Gasteiger partial charge in [0.2, 0.25) is 12.4 Å². The van der Waals surface area contributed by atoms with Crippen molar-refractivity contribution in [2.75, 3.05) is 6.61 Å². The number of esters is 4. The van der Waals surface area contributed by atoms with Gasteiger partial charge in [-0.05, 0) is 19.1 Å². The Balaban J connectivity index is 2.03. The fourth-order valence-electron chi connectivity index (χ4n) is 3.63. The van der Waals surface area contributed by atoms with Gasteiger partial charge in [-0.25, -0.2) is 4.98 Å². The summed E-state index contributed by atoms with van der Waals surface area (Å²) in [6, 6.07) is 6.78. The number of aryl methyl sites for hydroxylation is 1. The van der Waals surface area contributed by atoms with Crippen LogP contribution in [0.5, 0.6) is 5.75 Å². The molecule has 0 aliphatic carbocycles. The van der Waals surface area contributed by atoms with Gasteiger partial charge in [0, 0.05) is 27.7 Å². The van der Waals surface area contributed by atoms with Crippen LogP contribution in [0.2, 0.25) is 0 Å². The monoisotopic (exact) mass is 505 g/mol. The Kier molecular flexibility index (Phi) is 8.59. The highest BCUT2D eigenvalue weighted by Gasteiger charge is 2.53. The zero-order valence-electron chi connectivity index (χ0n) is 20.4. The van der Waals surface area contributed by atoms with Gasteiger partial charge >= 0.3 is 23.9 Å². The molecule has 3 rings (SSSR count). The third kappa shape index (κ3) is 6.78. The number of nitrogens with one attached hydrogen (secondary N) is 1. The number of carbonyl (C=O) groups is 4. The van der Waals surface area contributed by atoms with E-state index in [1.165, 1.54) is 6.92 Å². The van der Waals surface area contributed by atoms with E-state index in [1.54, 1.807) is 31.2 Å². The van der Waals surface area contributed by atoms with Crippen molar-refractivity contribution in [1.82, 2.24) is 15.2 Å². The zero-order chi connectivity index (χ0) is 26.4. The minimum absolute atomic E-state index is 0.261. The summed E-state index contributed by atoms with van der Waals surface area (Å²) in [5.74, 6) is -1.63. The van der Waals surface area contributed by atoms with Crippen LogP contribution in [0.15, 0.2) is 24.3 Å². The van der Waals surface area contributed by atoms with Gasteiger partial charge in [0.15, 0.2) is 18.0 Å². The number of hydrogen-bond acceptors (Lipinski definition) is 12. The van der Waals surface area contributed by atoms with Crippen LogP contribution >= 0.6 is 0 Å². The molecule has 1 fully saturated rings. The Hall–Kier alpha value is -4.00. The molecule has 1 aliphatic heterocycles. The maximum absolute atomic E-state index is 12.0. The van der Waals surface area contributed by atoms with Crippen LogP contribution in [-0.2, 0) is 42.9 Å². The van der Waals surface area contributed by atoms with Crippen LogP contribution in [0.4, 0.5) is 0 Å². The first-order valence-electron chi connectivity index (χ1n) is 11.0. The molecule has 0 saturated carbocycles. The molecule has 2 heterocycles. The maximum Gasteiger partial charge on any atom is 0.303 e. The lowest BCUT2D eigenvalue weighted by Crippen LogP contribution is -2.63. The third-order valence-electron chi connectivity index (χ3n) is 4.92. The van der Waals surface area contributed by atoms with Crippen molar-refractivity contribution in [3.8, 4) is 17.1 Å². The number of H-pyrrole nitrogens is 1. The topological polar surface area (TPSA) is 165 Å². The van der Waals surface area contributed by atoms with Crippen LogP contribution in [0.3, 0.4) is 0 Å². The van der Waals surface area contributed by atoms with Crippen molar-refractivity contribution >= 4 is 23.9 Å². The Morgan fingerprint density at radius 1 is 0.889 bits per heavy atom. The van der Waals surface area contributed by atoms with Crippen LogP contribution in [-0.4, -0.2) is 76.4 Å². The summed E-state index contributed by atoms with van der Waals surface area (Å²) < 4.78 is 33.3. The van der Waals surface area contributed by atoms with Gasteiger partial charge in [0.25, 0.3) is 0 Å². The van der Waals surface area contributed by atoms with Gasteiger partial charge in [0.05, 0.1) is 5.56 Å². The molecule has 0 bridgehead atoms. The second-order valence-corrected chi connectivity index (χ2v) is 7.93. The quantitative estimate of drug-likeness (QED) is 0.403. The summed E-state index contributed by atoms with van der Waals surface area (Å²) in [5, 5.41) is 6.89. The molecule has 0 amide bonds. The lowest BCUT2D eigenvalue weighted by atomic mass is 9.98. The van der Waals surface area contributed by atoms with E-state index in [-0.39, 0.29) is 12.4 Å². The van der Waals surface area contributed by atoms with Crippen molar-refractivity contribution in [2.24, 2.45) is 0 Å². The molecule has 13 heteroatoms. The number of nitrogens with zero attached hydrogens (tertiary/aromatic N) is 2. The van der Waals surface area contributed by atoms with Crippen LogP contribution in [0, 0.1) is 6.92 Å². The maximum atomic E-state index is 12.0. The fraction of sp³-hybridized carbons (Fsp3) is 0.478. The standard InChI is InChI=1S/C23H27N3O10/c1-11-24-22(26-25-11)16-8-6-7-9-17(16)35-23-21(34-15(5)30)20(33-14(4)29)19(32-13(3)28)18(36-23)10-31-12(2)27/h6-9,18-21,23H,10H2,1-5H3,(H,24,25,26). The van der Waals surface area contributed by atoms with Gasteiger partial charge in [-0.15, -0.1) is 0 Å². The van der Waals surface area contributed by atoms with Gasteiger partial charge < -0.3 is 28.4 Å². The average Bonchev–Trinajstić information content (AvgIpc) is 3.22. The summed E-state index contributed by atoms with van der Waals surface area (Å²) in [4.78, 5) is 51.6. The number of para-hydroxylation sites is 1. The summed E-state index contributed by atoms with van der Waals surface area (Å²) in [7, 11) is 0. The largest absolute Gasteiger partial charge is 0.463 e. The summed E-state index contributed by atoms with van der Waals surface area (Å²) in [6.45, 7) is 6.00. The predicted octanol–water partition coefficient (Wildman–Crippen LogP) is 1.24. The smallest absolute Gasteiger partial charge is 0.303 e. The third-order valence-corrected chi connectivity index (χ3v) is 4.92. The molecule has 5 unspecified atom stereocenters. The Morgan fingerprint density at radius 3 is 2.08 bits per heavy atom. The average molecular weight is 505 g/mol. The van der Waals surface area contributed by atoms with Gasteiger partial charge in [-0.3, -0.25) is 24.3 Å². The van der Waals surface area contributed by atoms with Crippen LogP contribution in [0.1, 0.15) is 33.5 Å². The number of aromatic nitrogens is 3. The minimum atomic E-state index is -1.37. The first-order chi connectivity index (χ1) is 17.0. The molecule has 5 atom stereocenters. The molecule has 1 aliphatic rings. The summed E-state index contributed by atoms with van der Waals surface area (Å²) in [5.41, 5.74) is 0.495.